The number of carbonyl (C=O) groups excluding carboxylic acids is 1. The maximum absolute atomic E-state index is 11.6. The van der Waals surface area contributed by atoms with E-state index in [0.29, 0.717) is 16.5 Å². The normalized spacial score (nSPS) is 10.7. The maximum atomic E-state index is 11.6. The van der Waals surface area contributed by atoms with Gasteiger partial charge < -0.3 is 10.5 Å². The predicted molar refractivity (Wildman–Crippen MR) is 80.3 cm³/mol. The van der Waals surface area contributed by atoms with E-state index in [2.05, 4.69) is 15.5 Å². The van der Waals surface area contributed by atoms with Crippen molar-refractivity contribution < 1.29 is 9.53 Å². The van der Waals surface area contributed by atoms with E-state index in [1.165, 1.54) is 18.4 Å². The molecule has 0 saturated heterocycles. The van der Waals surface area contributed by atoms with Crippen molar-refractivity contribution in [3.8, 4) is 0 Å². The minimum atomic E-state index is -0.363. The lowest BCUT2D eigenvalue weighted by Crippen LogP contribution is -2.04. The van der Waals surface area contributed by atoms with Crippen molar-refractivity contribution in [2.45, 2.75) is 6.92 Å². The summed E-state index contributed by atoms with van der Waals surface area (Å²) in [6.45, 7) is 1.85. The molecular formula is C13H14N4O2S. The van der Waals surface area contributed by atoms with Crippen molar-refractivity contribution in [2.24, 2.45) is 5.10 Å². The summed E-state index contributed by atoms with van der Waals surface area (Å²) in [6, 6.07) is 5.43. The van der Waals surface area contributed by atoms with Crippen LogP contribution in [-0.2, 0) is 4.74 Å². The molecule has 0 unspecified atom stereocenters. The van der Waals surface area contributed by atoms with Gasteiger partial charge in [-0.1, -0.05) is 12.1 Å². The molecule has 0 amide bonds. The molecule has 0 radical (unpaired) electrons. The summed E-state index contributed by atoms with van der Waals surface area (Å²) in [4.78, 5) is 15.6. The highest BCUT2D eigenvalue weighted by molar-refractivity contribution is 7.14. The molecule has 3 N–H and O–H groups in total. The first-order valence-corrected chi connectivity index (χ1v) is 6.67. The van der Waals surface area contributed by atoms with Crippen LogP contribution in [0, 0.1) is 6.92 Å². The molecule has 1 heterocycles. The van der Waals surface area contributed by atoms with Crippen LogP contribution in [0.1, 0.15) is 21.5 Å². The number of nitrogens with zero attached hydrogens (tertiary/aromatic N) is 2. The van der Waals surface area contributed by atoms with Gasteiger partial charge in [0.25, 0.3) is 0 Å². The molecule has 0 fully saturated rings. The maximum Gasteiger partial charge on any atom is 0.338 e. The smallest absolute Gasteiger partial charge is 0.338 e. The van der Waals surface area contributed by atoms with Gasteiger partial charge in [-0.05, 0) is 24.1 Å². The Morgan fingerprint density at radius 3 is 3.00 bits per heavy atom. The first kappa shape index (κ1) is 14.0. The second kappa shape index (κ2) is 6.16. The number of benzene rings is 1. The minimum absolute atomic E-state index is 0.363. The average Bonchev–Trinajstić information content (AvgIpc) is 2.85. The molecule has 1 aromatic heterocycles. The zero-order chi connectivity index (χ0) is 14.5. The average molecular weight is 290 g/mol. The number of nitrogens with one attached hydrogen (secondary N) is 1. The van der Waals surface area contributed by atoms with Crippen LogP contribution in [0.3, 0.4) is 0 Å². The molecule has 2 rings (SSSR count). The van der Waals surface area contributed by atoms with Crippen LogP contribution in [0.2, 0.25) is 0 Å². The summed E-state index contributed by atoms with van der Waals surface area (Å²) in [5, 5.41) is 6.38. The van der Waals surface area contributed by atoms with Crippen LogP contribution in [0.5, 0.6) is 0 Å². The number of anilines is 2. The monoisotopic (exact) mass is 290 g/mol. The highest BCUT2D eigenvalue weighted by Gasteiger charge is 2.09. The first-order chi connectivity index (χ1) is 9.60. The van der Waals surface area contributed by atoms with Gasteiger partial charge in [0.05, 0.1) is 18.9 Å². The molecule has 0 saturated carbocycles. The summed E-state index contributed by atoms with van der Waals surface area (Å²) >= 11 is 1.36. The van der Waals surface area contributed by atoms with Crippen molar-refractivity contribution in [2.75, 3.05) is 18.3 Å². The number of hydrogen-bond donors (Lipinski definition) is 2. The lowest BCUT2D eigenvalue weighted by Gasteiger charge is -2.04. The molecule has 2 aromatic rings. The van der Waals surface area contributed by atoms with Gasteiger partial charge in [-0.3, -0.25) is 5.43 Å². The molecular weight excluding hydrogens is 276 g/mol. The van der Waals surface area contributed by atoms with Crippen LogP contribution in [0.25, 0.3) is 0 Å². The van der Waals surface area contributed by atoms with E-state index < -0.39 is 0 Å². The van der Waals surface area contributed by atoms with Gasteiger partial charge in [-0.25, -0.2) is 9.78 Å². The molecule has 1 aromatic carbocycles. The molecule has 0 spiro atoms. The quantitative estimate of drug-likeness (QED) is 0.512. The number of rotatable bonds is 4. The molecule has 0 aliphatic heterocycles. The van der Waals surface area contributed by atoms with Crippen LogP contribution in [0.15, 0.2) is 28.7 Å². The number of thiazole rings is 1. The molecule has 0 bridgehead atoms. The molecule has 7 heteroatoms. The van der Waals surface area contributed by atoms with Gasteiger partial charge in [0.15, 0.2) is 0 Å². The third-order valence-corrected chi connectivity index (χ3v) is 3.33. The van der Waals surface area contributed by atoms with E-state index in [9.17, 15) is 4.79 Å². The van der Waals surface area contributed by atoms with Crippen molar-refractivity contribution in [3.05, 3.63) is 40.3 Å². The van der Waals surface area contributed by atoms with Gasteiger partial charge in [0.2, 0.25) is 5.13 Å². The van der Waals surface area contributed by atoms with E-state index in [0.717, 1.165) is 11.1 Å². The van der Waals surface area contributed by atoms with Gasteiger partial charge in [0.1, 0.15) is 5.82 Å². The Morgan fingerprint density at radius 2 is 2.35 bits per heavy atom. The van der Waals surface area contributed by atoms with Crippen LogP contribution in [-0.4, -0.2) is 24.3 Å². The molecule has 0 aliphatic rings. The predicted octanol–water partition coefficient (Wildman–Crippen LogP) is 2.27. The first-order valence-electron chi connectivity index (χ1n) is 5.79. The number of methoxy groups -OCH3 is 1. The Labute approximate surface area is 120 Å². The molecule has 6 nitrogen and oxygen atoms in total. The fraction of sp³-hybridized carbons (Fsp3) is 0.154. The summed E-state index contributed by atoms with van der Waals surface area (Å²) in [6.07, 6.45) is 1.60. The molecule has 0 aliphatic carbocycles. The molecule has 20 heavy (non-hydrogen) atoms. The largest absolute Gasteiger partial charge is 0.465 e. The second-order valence-corrected chi connectivity index (χ2v) is 4.87. The fourth-order valence-corrected chi connectivity index (χ4v) is 2.10. The highest BCUT2D eigenvalue weighted by Crippen LogP contribution is 2.16. The Balaban J connectivity index is 2.11. The van der Waals surface area contributed by atoms with E-state index in [4.69, 9.17) is 10.5 Å². The Bertz CT molecular complexity index is 652. The standard InChI is InChI=1S/C13H14N4O2S/c1-8-3-4-9(5-10(8)12(18)19-2)6-15-17-13-16-11(14)7-20-13/h3-7H,14H2,1-2H3,(H,16,17). The topological polar surface area (TPSA) is 89.6 Å². The number of esters is 1. The highest BCUT2D eigenvalue weighted by atomic mass is 32.1. The van der Waals surface area contributed by atoms with Crippen molar-refractivity contribution in [1.82, 2.24) is 4.98 Å². The molecule has 104 valence electrons. The lowest BCUT2D eigenvalue weighted by molar-refractivity contribution is 0.0600. The zero-order valence-corrected chi connectivity index (χ0v) is 11.9. The number of hydrazone groups is 1. The van der Waals surface area contributed by atoms with E-state index in [1.54, 1.807) is 17.7 Å². The van der Waals surface area contributed by atoms with Crippen LogP contribution < -0.4 is 11.2 Å². The van der Waals surface area contributed by atoms with E-state index in [-0.39, 0.29) is 5.97 Å². The minimum Gasteiger partial charge on any atom is -0.465 e. The van der Waals surface area contributed by atoms with Gasteiger partial charge in [0, 0.05) is 5.38 Å². The molecule has 0 atom stereocenters. The number of aromatic nitrogens is 1. The van der Waals surface area contributed by atoms with Crippen LogP contribution >= 0.6 is 11.3 Å². The van der Waals surface area contributed by atoms with Crippen molar-refractivity contribution in [1.29, 1.82) is 0 Å². The van der Waals surface area contributed by atoms with Crippen molar-refractivity contribution in [3.63, 3.8) is 0 Å². The summed E-state index contributed by atoms with van der Waals surface area (Å²) in [5.41, 5.74) is 10.4. The number of hydrogen-bond acceptors (Lipinski definition) is 7. The summed E-state index contributed by atoms with van der Waals surface area (Å²) in [5.74, 6) is 0.0921. The lowest BCUT2D eigenvalue weighted by atomic mass is 10.1. The Kier molecular flexibility index (Phi) is 4.31. The van der Waals surface area contributed by atoms with Gasteiger partial charge in [-0.15, -0.1) is 11.3 Å². The number of nitrogen functional groups attached to an aromatic ring is 1. The SMILES string of the molecule is COC(=O)c1cc(C=NNc2nc(N)cs2)ccc1C. The van der Waals surface area contributed by atoms with Gasteiger partial charge in [-0.2, -0.15) is 5.10 Å². The number of ether oxygens (including phenoxy) is 1. The summed E-state index contributed by atoms with van der Waals surface area (Å²) in [7, 11) is 1.36. The second-order valence-electron chi connectivity index (χ2n) is 4.01. The van der Waals surface area contributed by atoms with Crippen LogP contribution in [0.4, 0.5) is 10.9 Å². The number of aryl methyl sites for hydroxylation is 1. The number of carbonyl (C=O) groups is 1. The summed E-state index contributed by atoms with van der Waals surface area (Å²) < 4.78 is 4.73. The van der Waals surface area contributed by atoms with Gasteiger partial charge >= 0.3 is 5.97 Å². The fourth-order valence-electron chi connectivity index (χ4n) is 1.55. The van der Waals surface area contributed by atoms with E-state index >= 15 is 0 Å². The van der Waals surface area contributed by atoms with E-state index in [1.807, 2.05) is 19.1 Å². The Morgan fingerprint density at radius 1 is 1.55 bits per heavy atom. The van der Waals surface area contributed by atoms with Crippen molar-refractivity contribution >= 4 is 34.5 Å². The Hall–Kier alpha value is -2.41. The zero-order valence-electron chi connectivity index (χ0n) is 11.1. The third-order valence-electron chi connectivity index (χ3n) is 2.56. The third kappa shape index (κ3) is 3.33. The number of nitrogens with two attached hydrogens (primary N) is 1.